The van der Waals surface area contributed by atoms with E-state index in [0.29, 0.717) is 21.7 Å². The molecular formula is C12H9ClN6O. The second-order valence-electron chi connectivity index (χ2n) is 4.13. The summed E-state index contributed by atoms with van der Waals surface area (Å²) in [6, 6.07) is 5.02. The predicted molar refractivity (Wildman–Crippen MR) is 73.5 cm³/mol. The van der Waals surface area contributed by atoms with Crippen molar-refractivity contribution in [1.29, 1.82) is 0 Å². The number of anilines is 1. The van der Waals surface area contributed by atoms with Crippen molar-refractivity contribution >= 4 is 34.2 Å². The minimum absolute atomic E-state index is 0.0244. The van der Waals surface area contributed by atoms with Crippen LogP contribution in [0.5, 0.6) is 0 Å². The average molecular weight is 289 g/mol. The lowest BCUT2D eigenvalue weighted by Crippen LogP contribution is -2.16. The number of aromatic nitrogens is 5. The highest BCUT2D eigenvalue weighted by atomic mass is 35.5. The van der Waals surface area contributed by atoms with Gasteiger partial charge >= 0.3 is 0 Å². The first-order chi connectivity index (χ1) is 9.61. The minimum atomic E-state index is -0.452. The number of nitrogens with one attached hydrogen (secondary N) is 1. The molecule has 3 rings (SSSR count). The summed E-state index contributed by atoms with van der Waals surface area (Å²) in [7, 11) is 1.76. The number of rotatable bonds is 2. The summed E-state index contributed by atoms with van der Waals surface area (Å²) in [6.07, 6.45) is 3.20. The van der Waals surface area contributed by atoms with Crippen LogP contribution in [0.2, 0.25) is 5.02 Å². The molecule has 0 aliphatic rings. The van der Waals surface area contributed by atoms with Gasteiger partial charge in [0.15, 0.2) is 0 Å². The fourth-order valence-electron chi connectivity index (χ4n) is 1.68. The molecular weight excluding hydrogens is 280 g/mol. The van der Waals surface area contributed by atoms with E-state index in [-0.39, 0.29) is 5.82 Å². The molecule has 2 heterocycles. The number of hydrogen-bond donors (Lipinski definition) is 1. The number of carbonyl (C=O) groups is 1. The van der Waals surface area contributed by atoms with Gasteiger partial charge in [0.2, 0.25) is 5.82 Å². The first-order valence-electron chi connectivity index (χ1n) is 5.72. The van der Waals surface area contributed by atoms with Gasteiger partial charge < -0.3 is 5.32 Å². The molecule has 0 atom stereocenters. The zero-order valence-corrected chi connectivity index (χ0v) is 11.2. The SMILES string of the molecule is Cn1cc(NC(=O)c2nnc3ccc(Cl)cc3n2)cn1. The first-order valence-corrected chi connectivity index (χ1v) is 6.09. The van der Waals surface area contributed by atoms with Crippen LogP contribution in [0.25, 0.3) is 11.0 Å². The van der Waals surface area contributed by atoms with Crippen molar-refractivity contribution < 1.29 is 4.79 Å². The van der Waals surface area contributed by atoms with E-state index in [0.717, 1.165) is 0 Å². The summed E-state index contributed by atoms with van der Waals surface area (Å²) in [6.45, 7) is 0. The van der Waals surface area contributed by atoms with E-state index in [9.17, 15) is 4.79 Å². The van der Waals surface area contributed by atoms with Gasteiger partial charge in [-0.1, -0.05) is 11.6 Å². The number of carbonyl (C=O) groups excluding carboxylic acids is 1. The predicted octanol–water partition coefficient (Wildman–Crippen LogP) is 1.66. The standard InChI is InChI=1S/C12H9ClN6O/c1-19-6-8(5-14-19)15-12(20)11-16-10-4-7(13)2-3-9(10)17-18-11/h2-6H,1H3,(H,15,20). The Labute approximate surface area is 118 Å². The third-order valence-corrected chi connectivity index (χ3v) is 2.82. The molecule has 1 amide bonds. The van der Waals surface area contributed by atoms with E-state index in [1.807, 2.05) is 0 Å². The molecule has 20 heavy (non-hydrogen) atoms. The van der Waals surface area contributed by atoms with Gasteiger partial charge in [-0.05, 0) is 18.2 Å². The topological polar surface area (TPSA) is 85.6 Å². The van der Waals surface area contributed by atoms with Gasteiger partial charge in [0, 0.05) is 18.3 Å². The molecule has 1 N–H and O–H groups in total. The maximum atomic E-state index is 12.0. The third kappa shape index (κ3) is 2.43. The van der Waals surface area contributed by atoms with Gasteiger partial charge in [-0.25, -0.2) is 4.98 Å². The van der Waals surface area contributed by atoms with Gasteiger partial charge in [-0.15, -0.1) is 10.2 Å². The Hall–Kier alpha value is -2.54. The lowest BCUT2D eigenvalue weighted by atomic mass is 10.3. The molecule has 1 aromatic carbocycles. The summed E-state index contributed by atoms with van der Waals surface area (Å²) >= 11 is 5.88. The lowest BCUT2D eigenvalue weighted by molar-refractivity contribution is 0.101. The van der Waals surface area contributed by atoms with Crippen LogP contribution in [0.15, 0.2) is 30.6 Å². The van der Waals surface area contributed by atoms with Crippen LogP contribution in [-0.4, -0.2) is 30.9 Å². The number of hydrogen-bond acceptors (Lipinski definition) is 5. The molecule has 0 fully saturated rings. The maximum absolute atomic E-state index is 12.0. The van der Waals surface area contributed by atoms with Crippen molar-refractivity contribution in [2.45, 2.75) is 0 Å². The number of aryl methyl sites for hydroxylation is 1. The number of nitrogens with zero attached hydrogens (tertiary/aromatic N) is 5. The van der Waals surface area contributed by atoms with Gasteiger partial charge in [-0.3, -0.25) is 9.48 Å². The van der Waals surface area contributed by atoms with Crippen molar-refractivity contribution in [2.24, 2.45) is 7.05 Å². The highest BCUT2D eigenvalue weighted by Crippen LogP contribution is 2.15. The number of benzene rings is 1. The summed E-state index contributed by atoms with van der Waals surface area (Å²) in [5, 5.41) is 14.8. The summed E-state index contributed by atoms with van der Waals surface area (Å²) in [4.78, 5) is 16.1. The van der Waals surface area contributed by atoms with Gasteiger partial charge in [0.1, 0.15) is 5.52 Å². The van der Waals surface area contributed by atoms with Crippen molar-refractivity contribution in [3.63, 3.8) is 0 Å². The maximum Gasteiger partial charge on any atom is 0.295 e. The molecule has 0 radical (unpaired) electrons. The van der Waals surface area contributed by atoms with Gasteiger partial charge in [-0.2, -0.15) is 5.10 Å². The van der Waals surface area contributed by atoms with E-state index in [4.69, 9.17) is 11.6 Å². The highest BCUT2D eigenvalue weighted by molar-refractivity contribution is 6.31. The zero-order chi connectivity index (χ0) is 14.1. The zero-order valence-electron chi connectivity index (χ0n) is 10.4. The van der Waals surface area contributed by atoms with E-state index in [1.54, 1.807) is 36.1 Å². The van der Waals surface area contributed by atoms with Crippen LogP contribution in [0.3, 0.4) is 0 Å². The Morgan fingerprint density at radius 2 is 2.15 bits per heavy atom. The van der Waals surface area contributed by atoms with Crippen molar-refractivity contribution in [3.8, 4) is 0 Å². The van der Waals surface area contributed by atoms with Crippen LogP contribution in [0, 0.1) is 0 Å². The monoisotopic (exact) mass is 288 g/mol. The molecule has 0 aliphatic heterocycles. The molecule has 0 spiro atoms. The molecule has 0 bridgehead atoms. The van der Waals surface area contributed by atoms with Gasteiger partial charge in [0.25, 0.3) is 5.91 Å². The van der Waals surface area contributed by atoms with Gasteiger partial charge in [0.05, 0.1) is 17.4 Å². The highest BCUT2D eigenvalue weighted by Gasteiger charge is 2.12. The van der Waals surface area contributed by atoms with Crippen LogP contribution in [0.4, 0.5) is 5.69 Å². The van der Waals surface area contributed by atoms with Crippen molar-refractivity contribution in [1.82, 2.24) is 25.0 Å². The van der Waals surface area contributed by atoms with E-state index >= 15 is 0 Å². The van der Waals surface area contributed by atoms with E-state index < -0.39 is 5.91 Å². The lowest BCUT2D eigenvalue weighted by Gasteiger charge is -2.02. The molecule has 0 saturated carbocycles. The molecule has 2 aromatic heterocycles. The van der Waals surface area contributed by atoms with Crippen LogP contribution in [0.1, 0.15) is 10.6 Å². The number of halogens is 1. The van der Waals surface area contributed by atoms with E-state index in [1.165, 1.54) is 6.20 Å². The summed E-state index contributed by atoms with van der Waals surface area (Å²) in [5.74, 6) is -0.476. The molecule has 8 heteroatoms. The Morgan fingerprint density at radius 1 is 1.30 bits per heavy atom. The second-order valence-corrected chi connectivity index (χ2v) is 4.56. The average Bonchev–Trinajstić information content (AvgIpc) is 2.83. The van der Waals surface area contributed by atoms with Crippen LogP contribution < -0.4 is 5.32 Å². The van der Waals surface area contributed by atoms with E-state index in [2.05, 4.69) is 25.6 Å². The normalized spacial score (nSPS) is 10.7. The largest absolute Gasteiger partial charge is 0.316 e. The Morgan fingerprint density at radius 3 is 2.90 bits per heavy atom. The number of fused-ring (bicyclic) bond motifs is 1. The third-order valence-electron chi connectivity index (χ3n) is 2.58. The Bertz CT molecular complexity index is 799. The quantitative estimate of drug-likeness (QED) is 0.775. The van der Waals surface area contributed by atoms with Crippen molar-refractivity contribution in [3.05, 3.63) is 41.4 Å². The van der Waals surface area contributed by atoms with Crippen molar-refractivity contribution in [2.75, 3.05) is 5.32 Å². The number of amides is 1. The molecule has 0 unspecified atom stereocenters. The molecule has 100 valence electrons. The van der Waals surface area contributed by atoms with Crippen LogP contribution in [-0.2, 0) is 7.05 Å². The summed E-state index contributed by atoms with van der Waals surface area (Å²) in [5.41, 5.74) is 1.66. The fourth-order valence-corrected chi connectivity index (χ4v) is 1.84. The molecule has 3 aromatic rings. The fraction of sp³-hybridized carbons (Fsp3) is 0.0833. The Kier molecular flexibility index (Phi) is 3.03. The summed E-state index contributed by atoms with van der Waals surface area (Å²) < 4.78 is 1.58. The first kappa shape index (κ1) is 12.5. The Balaban J connectivity index is 1.91. The second kappa shape index (κ2) is 4.86. The smallest absolute Gasteiger partial charge is 0.295 e. The molecule has 7 nitrogen and oxygen atoms in total. The molecule has 0 saturated heterocycles. The molecule has 0 aliphatic carbocycles. The minimum Gasteiger partial charge on any atom is -0.316 e. The van der Waals surface area contributed by atoms with Crippen LogP contribution >= 0.6 is 11.6 Å².